The van der Waals surface area contributed by atoms with E-state index in [0.29, 0.717) is 0 Å². The number of hydrazine groups is 1. The molecule has 0 heterocycles. The number of benzene rings is 3. The average Bonchev–Trinajstić information content (AvgIpc) is 2.61. The highest BCUT2D eigenvalue weighted by molar-refractivity contribution is 5.68. The van der Waals surface area contributed by atoms with Crippen molar-refractivity contribution in [1.82, 2.24) is 0 Å². The Balaban J connectivity index is 1.92. The van der Waals surface area contributed by atoms with Crippen molar-refractivity contribution in [3.05, 3.63) is 95.0 Å². The van der Waals surface area contributed by atoms with Crippen LogP contribution in [0.3, 0.4) is 0 Å². The lowest BCUT2D eigenvalue weighted by atomic mass is 10.2. The molecule has 0 fully saturated rings. The minimum absolute atomic E-state index is 0.0709. The second-order valence-electron chi connectivity index (χ2n) is 4.92. The molecule has 3 aromatic rings. The zero-order chi connectivity index (χ0) is 16.1. The number of nitrogens with zero attached hydrogens (tertiary/aromatic N) is 2. The van der Waals surface area contributed by atoms with Crippen LogP contribution in [0.25, 0.3) is 0 Å². The van der Waals surface area contributed by atoms with Crippen molar-refractivity contribution in [3.8, 4) is 0 Å². The first-order chi connectivity index (χ1) is 11.2. The Morgan fingerprint density at radius 1 is 0.739 bits per heavy atom. The first kappa shape index (κ1) is 14.6. The van der Waals surface area contributed by atoms with E-state index >= 15 is 0 Å². The van der Waals surface area contributed by atoms with Crippen LogP contribution < -0.4 is 10.4 Å². The highest BCUT2D eigenvalue weighted by atomic mass is 16.6. The number of nitro benzene ring substituents is 1. The normalized spacial score (nSPS) is 10.1. The molecular formula is C18H15N3O2. The van der Waals surface area contributed by atoms with Crippen LogP contribution in [0, 0.1) is 10.1 Å². The standard InChI is InChI=1S/C18H15N3O2/c22-21(23)18-13-11-15(12-14-18)19-20(16-7-3-1-4-8-16)17-9-5-2-6-10-17/h1-14,19H. The fourth-order valence-corrected chi connectivity index (χ4v) is 2.22. The van der Waals surface area contributed by atoms with Crippen LogP contribution in [-0.2, 0) is 0 Å². The molecule has 114 valence electrons. The summed E-state index contributed by atoms with van der Waals surface area (Å²) in [6.45, 7) is 0. The van der Waals surface area contributed by atoms with Crippen LogP contribution in [-0.4, -0.2) is 4.92 Å². The molecule has 0 saturated heterocycles. The summed E-state index contributed by atoms with van der Waals surface area (Å²) in [6.07, 6.45) is 0. The third-order valence-corrected chi connectivity index (χ3v) is 3.35. The molecule has 0 radical (unpaired) electrons. The molecule has 5 nitrogen and oxygen atoms in total. The molecular weight excluding hydrogens is 290 g/mol. The largest absolute Gasteiger partial charge is 0.294 e. The van der Waals surface area contributed by atoms with Gasteiger partial charge in [-0.25, -0.2) is 0 Å². The van der Waals surface area contributed by atoms with Gasteiger partial charge in [0, 0.05) is 12.1 Å². The number of non-ortho nitro benzene ring substituents is 1. The number of anilines is 3. The third-order valence-electron chi connectivity index (χ3n) is 3.35. The van der Waals surface area contributed by atoms with Crippen molar-refractivity contribution in [2.75, 3.05) is 10.4 Å². The average molecular weight is 305 g/mol. The molecule has 0 spiro atoms. The van der Waals surface area contributed by atoms with E-state index < -0.39 is 4.92 Å². The highest BCUT2D eigenvalue weighted by Gasteiger charge is 2.10. The monoisotopic (exact) mass is 305 g/mol. The lowest BCUT2D eigenvalue weighted by Crippen LogP contribution is -2.24. The lowest BCUT2D eigenvalue weighted by Gasteiger charge is -2.26. The molecule has 1 N–H and O–H groups in total. The Morgan fingerprint density at radius 2 is 1.22 bits per heavy atom. The van der Waals surface area contributed by atoms with Crippen LogP contribution in [0.1, 0.15) is 0 Å². The van der Waals surface area contributed by atoms with Crippen molar-refractivity contribution in [2.24, 2.45) is 0 Å². The number of rotatable bonds is 5. The van der Waals surface area contributed by atoms with Crippen molar-refractivity contribution in [3.63, 3.8) is 0 Å². The first-order valence-corrected chi connectivity index (χ1v) is 7.15. The van der Waals surface area contributed by atoms with E-state index in [4.69, 9.17) is 0 Å². The van der Waals surface area contributed by atoms with Gasteiger partial charge in [0.2, 0.25) is 0 Å². The van der Waals surface area contributed by atoms with Crippen molar-refractivity contribution in [2.45, 2.75) is 0 Å². The minimum atomic E-state index is -0.407. The topological polar surface area (TPSA) is 58.4 Å². The molecule has 0 saturated carbocycles. The molecule has 0 unspecified atom stereocenters. The Labute approximate surface area is 133 Å². The smallest absolute Gasteiger partial charge is 0.269 e. The highest BCUT2D eigenvalue weighted by Crippen LogP contribution is 2.26. The van der Waals surface area contributed by atoms with Crippen LogP contribution in [0.5, 0.6) is 0 Å². The molecule has 0 amide bonds. The zero-order valence-electron chi connectivity index (χ0n) is 12.3. The molecule has 0 aliphatic rings. The molecule has 5 heteroatoms. The lowest BCUT2D eigenvalue weighted by molar-refractivity contribution is -0.384. The van der Waals surface area contributed by atoms with Crippen molar-refractivity contribution < 1.29 is 4.92 Å². The van der Waals surface area contributed by atoms with Crippen molar-refractivity contribution >= 4 is 22.7 Å². The molecule has 0 aliphatic heterocycles. The van der Waals surface area contributed by atoms with Crippen LogP contribution in [0.4, 0.5) is 22.7 Å². The fraction of sp³-hybridized carbons (Fsp3) is 0. The van der Waals surface area contributed by atoms with E-state index in [2.05, 4.69) is 5.43 Å². The van der Waals surface area contributed by atoms with Gasteiger partial charge in [-0.05, 0) is 36.4 Å². The summed E-state index contributed by atoms with van der Waals surface area (Å²) >= 11 is 0. The summed E-state index contributed by atoms with van der Waals surface area (Å²) in [6, 6.07) is 26.1. The molecule has 23 heavy (non-hydrogen) atoms. The predicted molar refractivity (Wildman–Crippen MR) is 91.7 cm³/mol. The van der Waals surface area contributed by atoms with Crippen LogP contribution in [0.2, 0.25) is 0 Å². The molecule has 3 aromatic carbocycles. The SMILES string of the molecule is O=[N+]([O-])c1ccc(NN(c2ccccc2)c2ccccc2)cc1. The minimum Gasteiger partial charge on any atom is -0.294 e. The van der Waals surface area contributed by atoms with Gasteiger partial charge >= 0.3 is 0 Å². The van der Waals surface area contributed by atoms with Gasteiger partial charge in [0.1, 0.15) is 0 Å². The summed E-state index contributed by atoms with van der Waals surface area (Å²) in [5, 5.41) is 12.7. The summed E-state index contributed by atoms with van der Waals surface area (Å²) in [5.41, 5.74) is 6.07. The van der Waals surface area contributed by atoms with E-state index in [1.165, 1.54) is 12.1 Å². The van der Waals surface area contributed by atoms with Gasteiger partial charge in [-0.2, -0.15) is 0 Å². The maximum atomic E-state index is 10.8. The van der Waals surface area contributed by atoms with Crippen molar-refractivity contribution in [1.29, 1.82) is 0 Å². The maximum Gasteiger partial charge on any atom is 0.269 e. The molecule has 0 aliphatic carbocycles. The second kappa shape index (κ2) is 6.62. The fourth-order valence-electron chi connectivity index (χ4n) is 2.22. The zero-order valence-corrected chi connectivity index (χ0v) is 12.3. The maximum absolute atomic E-state index is 10.8. The van der Waals surface area contributed by atoms with Crippen LogP contribution in [0.15, 0.2) is 84.9 Å². The number of hydrogen-bond acceptors (Lipinski definition) is 4. The van der Waals surface area contributed by atoms with Gasteiger partial charge in [0.05, 0.1) is 22.0 Å². The summed E-state index contributed by atoms with van der Waals surface area (Å²) in [7, 11) is 0. The summed E-state index contributed by atoms with van der Waals surface area (Å²) in [5.74, 6) is 0. The molecule has 0 bridgehead atoms. The van der Waals surface area contributed by atoms with E-state index in [1.54, 1.807) is 12.1 Å². The van der Waals surface area contributed by atoms with Gasteiger partial charge in [0.25, 0.3) is 5.69 Å². The van der Waals surface area contributed by atoms with Gasteiger partial charge in [0.15, 0.2) is 0 Å². The van der Waals surface area contributed by atoms with E-state index in [-0.39, 0.29) is 5.69 Å². The van der Waals surface area contributed by atoms with Gasteiger partial charge in [-0.3, -0.25) is 20.5 Å². The van der Waals surface area contributed by atoms with Gasteiger partial charge in [-0.1, -0.05) is 36.4 Å². The quantitative estimate of drug-likeness (QED) is 0.545. The Kier molecular flexibility index (Phi) is 4.20. The van der Waals surface area contributed by atoms with E-state index in [9.17, 15) is 10.1 Å². The van der Waals surface area contributed by atoms with E-state index in [1.807, 2.05) is 65.7 Å². The Bertz CT molecular complexity index is 735. The van der Waals surface area contributed by atoms with Gasteiger partial charge < -0.3 is 0 Å². The summed E-state index contributed by atoms with van der Waals surface area (Å²) in [4.78, 5) is 10.3. The molecule has 0 aromatic heterocycles. The number of para-hydroxylation sites is 2. The molecule has 3 rings (SSSR count). The number of nitro groups is 1. The third kappa shape index (κ3) is 3.47. The van der Waals surface area contributed by atoms with E-state index in [0.717, 1.165) is 17.1 Å². The predicted octanol–water partition coefficient (Wildman–Crippen LogP) is 4.76. The number of nitrogens with one attached hydrogen (secondary N) is 1. The summed E-state index contributed by atoms with van der Waals surface area (Å²) < 4.78 is 0. The second-order valence-corrected chi connectivity index (χ2v) is 4.92. The molecule has 0 atom stereocenters. The Hall–Kier alpha value is -3.34. The van der Waals surface area contributed by atoms with Gasteiger partial charge in [-0.15, -0.1) is 0 Å². The number of hydrogen-bond donors (Lipinski definition) is 1. The first-order valence-electron chi connectivity index (χ1n) is 7.15. The van der Waals surface area contributed by atoms with Crippen LogP contribution >= 0.6 is 0 Å². The Morgan fingerprint density at radius 3 is 1.65 bits per heavy atom.